The number of aryl methyl sites for hydroxylation is 4. The standard InChI is InChI=1S/C29H38N2/c1-6-9-18-27(25-14-11-10-12-15-25)30-20-26-21(4)19-28(31-22(26)5)29-23(7-2)16-13-17-24(29)8-3/h10-17,19,27,30H,6-9,18,20H2,1-5H3. The number of benzene rings is 2. The molecule has 2 aromatic carbocycles. The number of hydrogen-bond acceptors (Lipinski definition) is 2. The van der Waals surface area contributed by atoms with E-state index in [1.807, 2.05) is 0 Å². The first kappa shape index (κ1) is 23.2. The first-order valence-corrected chi connectivity index (χ1v) is 12.0. The molecule has 0 radical (unpaired) electrons. The second-order valence-corrected chi connectivity index (χ2v) is 8.53. The predicted octanol–water partition coefficient (Wildman–Crippen LogP) is 7.51. The summed E-state index contributed by atoms with van der Waals surface area (Å²) in [5.41, 5.74) is 10.4. The maximum absolute atomic E-state index is 5.09. The van der Waals surface area contributed by atoms with E-state index in [-0.39, 0.29) is 0 Å². The lowest BCUT2D eigenvalue weighted by Crippen LogP contribution is -2.22. The molecular weight excluding hydrogens is 376 g/mol. The van der Waals surface area contributed by atoms with Crippen LogP contribution in [-0.4, -0.2) is 4.98 Å². The van der Waals surface area contributed by atoms with Gasteiger partial charge in [0.25, 0.3) is 0 Å². The number of hydrogen-bond donors (Lipinski definition) is 1. The maximum Gasteiger partial charge on any atom is 0.0713 e. The molecule has 0 saturated carbocycles. The normalized spacial score (nSPS) is 12.2. The monoisotopic (exact) mass is 414 g/mol. The minimum atomic E-state index is 0.382. The summed E-state index contributed by atoms with van der Waals surface area (Å²) in [6.45, 7) is 12.0. The zero-order valence-corrected chi connectivity index (χ0v) is 20.0. The van der Waals surface area contributed by atoms with Crippen LogP contribution in [-0.2, 0) is 19.4 Å². The van der Waals surface area contributed by atoms with Crippen molar-refractivity contribution in [2.75, 3.05) is 0 Å². The van der Waals surface area contributed by atoms with Crippen molar-refractivity contribution in [2.45, 2.75) is 79.3 Å². The van der Waals surface area contributed by atoms with Gasteiger partial charge in [0.2, 0.25) is 0 Å². The van der Waals surface area contributed by atoms with Crippen LogP contribution in [0.25, 0.3) is 11.3 Å². The molecule has 0 aliphatic heterocycles. The number of nitrogens with one attached hydrogen (secondary N) is 1. The molecule has 2 heteroatoms. The molecule has 0 aliphatic carbocycles. The van der Waals surface area contributed by atoms with Crippen molar-refractivity contribution in [3.8, 4) is 11.3 Å². The highest BCUT2D eigenvalue weighted by Gasteiger charge is 2.16. The molecule has 0 saturated heterocycles. The largest absolute Gasteiger partial charge is 0.306 e. The Kier molecular flexibility index (Phi) is 8.43. The molecule has 0 bridgehead atoms. The third-order valence-electron chi connectivity index (χ3n) is 6.38. The van der Waals surface area contributed by atoms with E-state index in [2.05, 4.69) is 94.5 Å². The summed E-state index contributed by atoms with van der Waals surface area (Å²) in [5.74, 6) is 0. The van der Waals surface area contributed by atoms with Gasteiger partial charge in [-0.05, 0) is 67.0 Å². The Morgan fingerprint density at radius 3 is 2.13 bits per heavy atom. The van der Waals surface area contributed by atoms with Crippen molar-refractivity contribution in [3.63, 3.8) is 0 Å². The molecule has 0 spiro atoms. The fraction of sp³-hybridized carbons (Fsp3) is 0.414. The molecule has 3 aromatic rings. The third-order valence-corrected chi connectivity index (χ3v) is 6.38. The maximum atomic E-state index is 5.09. The van der Waals surface area contributed by atoms with Crippen molar-refractivity contribution in [1.82, 2.24) is 10.3 Å². The van der Waals surface area contributed by atoms with Gasteiger partial charge in [0.05, 0.1) is 5.69 Å². The minimum absolute atomic E-state index is 0.382. The molecule has 1 heterocycles. The fourth-order valence-corrected chi connectivity index (χ4v) is 4.53. The summed E-state index contributed by atoms with van der Waals surface area (Å²) >= 11 is 0. The molecule has 31 heavy (non-hydrogen) atoms. The van der Waals surface area contributed by atoms with Gasteiger partial charge >= 0.3 is 0 Å². The van der Waals surface area contributed by atoms with Crippen LogP contribution < -0.4 is 5.32 Å². The van der Waals surface area contributed by atoms with Gasteiger partial charge < -0.3 is 5.32 Å². The zero-order valence-electron chi connectivity index (χ0n) is 20.0. The van der Waals surface area contributed by atoms with E-state index in [0.717, 1.165) is 37.2 Å². The fourth-order valence-electron chi connectivity index (χ4n) is 4.53. The van der Waals surface area contributed by atoms with E-state index in [1.165, 1.54) is 46.2 Å². The van der Waals surface area contributed by atoms with Gasteiger partial charge in [0.1, 0.15) is 0 Å². The number of unbranched alkanes of at least 4 members (excludes halogenated alkanes) is 1. The molecule has 1 atom stereocenters. The predicted molar refractivity (Wildman–Crippen MR) is 133 cm³/mol. The van der Waals surface area contributed by atoms with E-state index in [4.69, 9.17) is 4.98 Å². The van der Waals surface area contributed by atoms with Gasteiger partial charge in [-0.1, -0.05) is 82.1 Å². The van der Waals surface area contributed by atoms with Crippen LogP contribution in [0.15, 0.2) is 54.6 Å². The number of nitrogens with zero attached hydrogens (tertiary/aromatic N) is 1. The van der Waals surface area contributed by atoms with Crippen LogP contribution >= 0.6 is 0 Å². The van der Waals surface area contributed by atoms with E-state index in [1.54, 1.807) is 0 Å². The number of aromatic nitrogens is 1. The lowest BCUT2D eigenvalue weighted by atomic mass is 9.93. The molecule has 0 amide bonds. The number of rotatable bonds is 10. The van der Waals surface area contributed by atoms with Gasteiger partial charge in [-0.2, -0.15) is 0 Å². The second kappa shape index (κ2) is 11.2. The quantitative estimate of drug-likeness (QED) is 0.371. The summed E-state index contributed by atoms with van der Waals surface area (Å²) < 4.78 is 0. The Bertz CT molecular complexity index is 930. The second-order valence-electron chi connectivity index (χ2n) is 8.53. The third kappa shape index (κ3) is 5.62. The summed E-state index contributed by atoms with van der Waals surface area (Å²) in [4.78, 5) is 5.09. The van der Waals surface area contributed by atoms with Gasteiger partial charge in [-0.3, -0.25) is 4.98 Å². The van der Waals surface area contributed by atoms with Crippen molar-refractivity contribution >= 4 is 0 Å². The van der Waals surface area contributed by atoms with Crippen molar-refractivity contribution in [3.05, 3.63) is 88.1 Å². The Morgan fingerprint density at radius 1 is 0.871 bits per heavy atom. The lowest BCUT2D eigenvalue weighted by Gasteiger charge is -2.21. The Labute approximate surface area is 189 Å². The topological polar surface area (TPSA) is 24.9 Å². The SMILES string of the molecule is CCCCC(NCc1c(C)cc(-c2c(CC)cccc2CC)nc1C)c1ccccc1. The molecule has 0 fully saturated rings. The summed E-state index contributed by atoms with van der Waals surface area (Å²) in [5, 5.41) is 3.83. The highest BCUT2D eigenvalue weighted by Crippen LogP contribution is 2.30. The van der Waals surface area contributed by atoms with Gasteiger partial charge in [0.15, 0.2) is 0 Å². The first-order chi connectivity index (χ1) is 15.1. The van der Waals surface area contributed by atoms with Gasteiger partial charge in [0, 0.05) is 23.8 Å². The van der Waals surface area contributed by atoms with E-state index >= 15 is 0 Å². The van der Waals surface area contributed by atoms with Crippen LogP contribution in [0.1, 0.15) is 79.6 Å². The van der Waals surface area contributed by atoms with E-state index < -0.39 is 0 Å². The molecule has 164 valence electrons. The zero-order chi connectivity index (χ0) is 22.2. The Balaban J connectivity index is 1.87. The Morgan fingerprint density at radius 2 is 1.55 bits per heavy atom. The van der Waals surface area contributed by atoms with E-state index in [0.29, 0.717) is 6.04 Å². The summed E-state index contributed by atoms with van der Waals surface area (Å²) in [6, 6.07) is 20.2. The van der Waals surface area contributed by atoms with Gasteiger partial charge in [-0.25, -0.2) is 0 Å². The van der Waals surface area contributed by atoms with Crippen molar-refractivity contribution < 1.29 is 0 Å². The smallest absolute Gasteiger partial charge is 0.0713 e. The van der Waals surface area contributed by atoms with Crippen molar-refractivity contribution in [2.24, 2.45) is 0 Å². The van der Waals surface area contributed by atoms with Crippen LogP contribution in [0, 0.1) is 13.8 Å². The van der Waals surface area contributed by atoms with Crippen molar-refractivity contribution in [1.29, 1.82) is 0 Å². The molecule has 1 aromatic heterocycles. The van der Waals surface area contributed by atoms with Crippen LogP contribution in [0.2, 0.25) is 0 Å². The molecule has 1 unspecified atom stereocenters. The first-order valence-electron chi connectivity index (χ1n) is 12.0. The molecule has 0 aliphatic rings. The number of pyridine rings is 1. The average molecular weight is 415 g/mol. The highest BCUT2D eigenvalue weighted by atomic mass is 14.9. The average Bonchev–Trinajstić information content (AvgIpc) is 2.80. The molecule has 1 N–H and O–H groups in total. The minimum Gasteiger partial charge on any atom is -0.306 e. The Hall–Kier alpha value is -2.45. The lowest BCUT2D eigenvalue weighted by molar-refractivity contribution is 0.479. The summed E-state index contributed by atoms with van der Waals surface area (Å²) in [7, 11) is 0. The van der Waals surface area contributed by atoms with Crippen LogP contribution in [0.3, 0.4) is 0 Å². The summed E-state index contributed by atoms with van der Waals surface area (Å²) in [6.07, 6.45) is 5.67. The molecule has 3 rings (SSSR count). The molecular formula is C29H38N2. The van der Waals surface area contributed by atoms with E-state index in [9.17, 15) is 0 Å². The molecule has 2 nitrogen and oxygen atoms in total. The van der Waals surface area contributed by atoms with Gasteiger partial charge in [-0.15, -0.1) is 0 Å². The highest BCUT2D eigenvalue weighted by molar-refractivity contribution is 5.69. The van der Waals surface area contributed by atoms with Crippen LogP contribution in [0.4, 0.5) is 0 Å². The van der Waals surface area contributed by atoms with Crippen LogP contribution in [0.5, 0.6) is 0 Å².